The molecule has 1 saturated heterocycles. The predicted molar refractivity (Wildman–Crippen MR) is 108 cm³/mol. The van der Waals surface area contributed by atoms with Crippen LogP contribution in [0.15, 0.2) is 54.2 Å². The molecular weight excluding hydrogens is 372 g/mol. The van der Waals surface area contributed by atoms with Crippen LogP contribution in [0.25, 0.3) is 11.1 Å². The number of aliphatic hydroxyl groups excluding tert-OH is 3. The predicted octanol–water partition coefficient (Wildman–Crippen LogP) is 1.24. The SMILES string of the molecule is C[C@@H]1N/C(=C\COCNc2cccc3c2C(=O)c2ccccc2-3)[C@@H](O)[C@H](O)[C@@H]1O. The van der Waals surface area contributed by atoms with Gasteiger partial charge in [-0.2, -0.15) is 0 Å². The van der Waals surface area contributed by atoms with E-state index < -0.39 is 18.3 Å². The second-order valence-corrected chi connectivity index (χ2v) is 7.31. The summed E-state index contributed by atoms with van der Waals surface area (Å²) in [5.74, 6) is -0.00289. The zero-order valence-corrected chi connectivity index (χ0v) is 16.0. The summed E-state index contributed by atoms with van der Waals surface area (Å²) >= 11 is 0. The number of carbonyl (C=O) groups is 1. The molecule has 2 aromatic carbocycles. The van der Waals surface area contributed by atoms with Crippen LogP contribution in [0.3, 0.4) is 0 Å². The summed E-state index contributed by atoms with van der Waals surface area (Å²) in [6.45, 7) is 2.08. The van der Waals surface area contributed by atoms with Crippen molar-refractivity contribution in [1.29, 1.82) is 0 Å². The van der Waals surface area contributed by atoms with E-state index in [1.165, 1.54) is 0 Å². The molecule has 0 spiro atoms. The average molecular weight is 396 g/mol. The highest BCUT2D eigenvalue weighted by Crippen LogP contribution is 2.39. The monoisotopic (exact) mass is 396 g/mol. The van der Waals surface area contributed by atoms with Crippen LogP contribution in [0.4, 0.5) is 5.69 Å². The number of carbonyl (C=O) groups excluding carboxylic acids is 1. The molecule has 0 saturated carbocycles. The lowest BCUT2D eigenvalue weighted by molar-refractivity contribution is -0.0761. The van der Waals surface area contributed by atoms with Gasteiger partial charge in [0, 0.05) is 16.9 Å². The van der Waals surface area contributed by atoms with Gasteiger partial charge in [0.15, 0.2) is 5.78 Å². The van der Waals surface area contributed by atoms with Crippen molar-refractivity contribution in [3.63, 3.8) is 0 Å². The Hall–Kier alpha value is -2.71. The number of hydrogen-bond donors (Lipinski definition) is 5. The van der Waals surface area contributed by atoms with Crippen molar-refractivity contribution < 1.29 is 24.9 Å². The Morgan fingerprint density at radius 3 is 2.55 bits per heavy atom. The first-order valence-corrected chi connectivity index (χ1v) is 9.58. The van der Waals surface area contributed by atoms with E-state index in [4.69, 9.17) is 4.74 Å². The second-order valence-electron chi connectivity index (χ2n) is 7.31. The number of benzene rings is 2. The van der Waals surface area contributed by atoms with Crippen molar-refractivity contribution in [3.8, 4) is 11.1 Å². The lowest BCUT2D eigenvalue weighted by Gasteiger charge is -2.36. The molecule has 4 atom stereocenters. The number of fused-ring (bicyclic) bond motifs is 3. The molecule has 1 aliphatic heterocycles. The molecule has 2 aromatic rings. The first kappa shape index (κ1) is 19.6. The smallest absolute Gasteiger partial charge is 0.196 e. The minimum atomic E-state index is -1.24. The third kappa shape index (κ3) is 3.54. The minimum Gasteiger partial charge on any atom is -0.388 e. The number of anilines is 1. The van der Waals surface area contributed by atoms with Crippen LogP contribution in [0.1, 0.15) is 22.8 Å². The van der Waals surface area contributed by atoms with Gasteiger partial charge in [0.25, 0.3) is 0 Å². The summed E-state index contributed by atoms with van der Waals surface area (Å²) in [6.07, 6.45) is -1.83. The van der Waals surface area contributed by atoms with E-state index in [0.29, 0.717) is 22.5 Å². The number of ketones is 1. The molecule has 7 heteroatoms. The van der Waals surface area contributed by atoms with Gasteiger partial charge < -0.3 is 30.7 Å². The molecule has 152 valence electrons. The first-order valence-electron chi connectivity index (χ1n) is 9.58. The van der Waals surface area contributed by atoms with Gasteiger partial charge in [0.2, 0.25) is 0 Å². The highest BCUT2D eigenvalue weighted by Gasteiger charge is 2.36. The Labute approximate surface area is 168 Å². The molecule has 0 bridgehead atoms. The van der Waals surface area contributed by atoms with Crippen LogP contribution in [0.2, 0.25) is 0 Å². The van der Waals surface area contributed by atoms with Gasteiger partial charge >= 0.3 is 0 Å². The molecule has 4 rings (SSSR count). The summed E-state index contributed by atoms with van der Waals surface area (Å²) in [7, 11) is 0. The van der Waals surface area contributed by atoms with Gasteiger partial charge in [-0.05, 0) is 30.2 Å². The zero-order chi connectivity index (χ0) is 20.5. The normalized spacial score (nSPS) is 26.8. The van der Waals surface area contributed by atoms with Crippen LogP contribution in [0.5, 0.6) is 0 Å². The maximum absolute atomic E-state index is 12.8. The fourth-order valence-corrected chi connectivity index (χ4v) is 3.84. The van der Waals surface area contributed by atoms with E-state index >= 15 is 0 Å². The fourth-order valence-electron chi connectivity index (χ4n) is 3.84. The largest absolute Gasteiger partial charge is 0.388 e. The summed E-state index contributed by atoms with van der Waals surface area (Å²) < 4.78 is 5.56. The quantitative estimate of drug-likeness (QED) is 0.326. The minimum absolute atomic E-state index is 0.00289. The molecule has 0 radical (unpaired) electrons. The molecule has 0 amide bonds. The number of ether oxygens (including phenoxy) is 1. The Bertz CT molecular complexity index is 958. The van der Waals surface area contributed by atoms with Crippen molar-refractivity contribution in [1.82, 2.24) is 5.32 Å². The molecule has 1 fully saturated rings. The third-order valence-electron chi connectivity index (χ3n) is 5.44. The van der Waals surface area contributed by atoms with E-state index in [0.717, 1.165) is 11.1 Å². The molecule has 29 heavy (non-hydrogen) atoms. The van der Waals surface area contributed by atoms with Gasteiger partial charge in [-0.25, -0.2) is 0 Å². The Kier molecular flexibility index (Phi) is 5.38. The van der Waals surface area contributed by atoms with E-state index in [2.05, 4.69) is 10.6 Å². The third-order valence-corrected chi connectivity index (χ3v) is 5.44. The Morgan fingerprint density at radius 1 is 1.03 bits per heavy atom. The molecule has 1 aliphatic carbocycles. The van der Waals surface area contributed by atoms with Crippen LogP contribution in [-0.4, -0.2) is 58.8 Å². The van der Waals surface area contributed by atoms with E-state index in [1.807, 2.05) is 42.5 Å². The van der Waals surface area contributed by atoms with Crippen molar-refractivity contribution in [3.05, 3.63) is 65.4 Å². The topological polar surface area (TPSA) is 111 Å². The second kappa shape index (κ2) is 7.96. The van der Waals surface area contributed by atoms with Gasteiger partial charge in [-0.15, -0.1) is 0 Å². The summed E-state index contributed by atoms with van der Waals surface area (Å²) in [5.41, 5.74) is 4.32. The van der Waals surface area contributed by atoms with Gasteiger partial charge in [-0.3, -0.25) is 4.79 Å². The van der Waals surface area contributed by atoms with Gasteiger partial charge in [-0.1, -0.05) is 36.4 Å². The number of hydrogen-bond acceptors (Lipinski definition) is 7. The standard InChI is InChI=1S/C22H24N2O5/c1-12-19(25)22(28)21(27)17(24-12)9-10-29-11-23-16-8-4-7-14-13-5-2-3-6-15(13)20(26)18(14)16/h2-9,12,19,21-25,27-28H,10-11H2,1H3/b17-9-/t12-,19+,21+,22+/m0/s1. The van der Waals surface area contributed by atoms with Crippen molar-refractivity contribution in [2.45, 2.75) is 31.3 Å². The van der Waals surface area contributed by atoms with E-state index in [1.54, 1.807) is 13.0 Å². The maximum Gasteiger partial charge on any atom is 0.196 e. The molecule has 2 aliphatic rings. The van der Waals surface area contributed by atoms with Crippen molar-refractivity contribution in [2.24, 2.45) is 0 Å². The fraction of sp³-hybridized carbons (Fsp3) is 0.318. The Morgan fingerprint density at radius 2 is 1.76 bits per heavy atom. The highest BCUT2D eigenvalue weighted by atomic mass is 16.5. The van der Waals surface area contributed by atoms with Crippen molar-refractivity contribution >= 4 is 11.5 Å². The Balaban J connectivity index is 1.38. The summed E-state index contributed by atoms with van der Waals surface area (Å²) in [5, 5.41) is 35.8. The lowest BCUT2D eigenvalue weighted by atomic mass is 9.94. The zero-order valence-electron chi connectivity index (χ0n) is 16.0. The molecule has 1 heterocycles. The number of nitrogens with one attached hydrogen (secondary N) is 2. The highest BCUT2D eigenvalue weighted by molar-refractivity contribution is 6.24. The number of aliphatic hydroxyl groups is 3. The van der Waals surface area contributed by atoms with Crippen LogP contribution >= 0.6 is 0 Å². The van der Waals surface area contributed by atoms with Crippen LogP contribution in [-0.2, 0) is 4.74 Å². The lowest BCUT2D eigenvalue weighted by Crippen LogP contribution is -2.57. The van der Waals surface area contributed by atoms with Gasteiger partial charge in [0.1, 0.15) is 25.0 Å². The maximum atomic E-state index is 12.8. The summed E-state index contributed by atoms with van der Waals surface area (Å²) in [6, 6.07) is 12.9. The van der Waals surface area contributed by atoms with Gasteiger partial charge in [0.05, 0.1) is 18.2 Å². The van der Waals surface area contributed by atoms with Crippen LogP contribution in [0, 0.1) is 0 Å². The molecule has 5 N–H and O–H groups in total. The average Bonchev–Trinajstić information content (AvgIpc) is 3.03. The summed E-state index contributed by atoms with van der Waals surface area (Å²) in [4.78, 5) is 12.8. The molecule has 0 aromatic heterocycles. The van der Waals surface area contributed by atoms with Crippen LogP contribution < -0.4 is 10.6 Å². The number of rotatable bonds is 5. The molecule has 7 nitrogen and oxygen atoms in total. The first-order chi connectivity index (χ1) is 14.0. The molecular formula is C22H24N2O5. The van der Waals surface area contributed by atoms with Crippen molar-refractivity contribution in [2.75, 3.05) is 18.7 Å². The van der Waals surface area contributed by atoms with E-state index in [9.17, 15) is 20.1 Å². The van der Waals surface area contributed by atoms with E-state index in [-0.39, 0.29) is 25.2 Å². The molecule has 0 unspecified atom stereocenters. The number of piperidine rings is 1.